The summed E-state index contributed by atoms with van der Waals surface area (Å²) in [4.78, 5) is 11.4. The highest BCUT2D eigenvalue weighted by Crippen LogP contribution is 2.30. The van der Waals surface area contributed by atoms with Gasteiger partial charge >= 0.3 is 0 Å². The predicted octanol–water partition coefficient (Wildman–Crippen LogP) is 3.85. The number of halogens is 1. The van der Waals surface area contributed by atoms with Gasteiger partial charge in [0.1, 0.15) is 16.6 Å². The second-order valence-electron chi connectivity index (χ2n) is 5.55. The van der Waals surface area contributed by atoms with E-state index in [0.29, 0.717) is 0 Å². The Morgan fingerprint density at radius 1 is 1.04 bits per heavy atom. The van der Waals surface area contributed by atoms with E-state index < -0.39 is 0 Å². The minimum atomic E-state index is -0.238. The summed E-state index contributed by atoms with van der Waals surface area (Å²) >= 11 is 1.58. The van der Waals surface area contributed by atoms with Crippen LogP contribution < -0.4 is 4.90 Å². The molecule has 6 heteroatoms. The molecule has 1 aliphatic rings. The fourth-order valence-electron chi connectivity index (χ4n) is 2.68. The normalized spacial score (nSPS) is 14.8. The van der Waals surface area contributed by atoms with Crippen LogP contribution in [0.15, 0.2) is 48.0 Å². The summed E-state index contributed by atoms with van der Waals surface area (Å²) in [5, 5.41) is 2.93. The minimum Gasteiger partial charge on any atom is -0.378 e. The quantitative estimate of drug-likeness (QED) is 0.725. The molecule has 4 nitrogen and oxygen atoms in total. The van der Waals surface area contributed by atoms with Gasteiger partial charge in [0.2, 0.25) is 0 Å². The van der Waals surface area contributed by atoms with Crippen molar-refractivity contribution in [3.05, 3.63) is 53.8 Å². The topological polar surface area (TPSA) is 38.2 Å². The molecule has 0 aliphatic carbocycles. The molecule has 122 valence electrons. The zero-order chi connectivity index (χ0) is 16.4. The van der Waals surface area contributed by atoms with Crippen LogP contribution in [0.2, 0.25) is 0 Å². The third kappa shape index (κ3) is 3.16. The van der Waals surface area contributed by atoms with Crippen LogP contribution in [0.1, 0.15) is 0 Å². The summed E-state index contributed by atoms with van der Waals surface area (Å²) in [5.74, 6) is 0.716. The molecule has 1 fully saturated rings. The highest BCUT2D eigenvalue weighted by atomic mass is 32.1. The zero-order valence-corrected chi connectivity index (χ0v) is 13.8. The van der Waals surface area contributed by atoms with Crippen molar-refractivity contribution < 1.29 is 9.13 Å². The fraction of sp³-hybridized carbons (Fsp3) is 0.222. The lowest BCUT2D eigenvalue weighted by atomic mass is 10.2. The number of aromatic nitrogens is 2. The molecule has 0 saturated carbocycles. The van der Waals surface area contributed by atoms with E-state index in [1.54, 1.807) is 23.5 Å². The van der Waals surface area contributed by atoms with E-state index in [2.05, 4.69) is 16.0 Å². The van der Waals surface area contributed by atoms with Crippen molar-refractivity contribution >= 4 is 17.2 Å². The maximum atomic E-state index is 13.1. The molecule has 1 aliphatic heterocycles. The fourth-order valence-corrected chi connectivity index (χ4v) is 3.50. The third-order valence-electron chi connectivity index (χ3n) is 3.97. The van der Waals surface area contributed by atoms with Gasteiger partial charge in [-0.2, -0.15) is 0 Å². The molecule has 1 aromatic carbocycles. The predicted molar refractivity (Wildman–Crippen MR) is 93.8 cm³/mol. The Morgan fingerprint density at radius 3 is 2.62 bits per heavy atom. The van der Waals surface area contributed by atoms with Crippen molar-refractivity contribution in [2.45, 2.75) is 0 Å². The van der Waals surface area contributed by atoms with Crippen molar-refractivity contribution in [3.8, 4) is 21.8 Å². The van der Waals surface area contributed by atoms with E-state index in [1.165, 1.54) is 12.1 Å². The summed E-state index contributed by atoms with van der Waals surface area (Å²) in [6, 6.07) is 10.4. The molecule has 0 N–H and O–H groups in total. The lowest BCUT2D eigenvalue weighted by Gasteiger charge is -2.27. The molecule has 1 saturated heterocycles. The molecular formula is C18H16FN3OS. The number of anilines is 1. The van der Waals surface area contributed by atoms with Crippen LogP contribution in [-0.4, -0.2) is 36.3 Å². The van der Waals surface area contributed by atoms with E-state index in [0.717, 1.165) is 53.9 Å². The zero-order valence-electron chi connectivity index (χ0n) is 13.0. The van der Waals surface area contributed by atoms with Gasteiger partial charge < -0.3 is 9.64 Å². The Hall–Kier alpha value is -2.31. The second-order valence-corrected chi connectivity index (χ2v) is 6.41. The van der Waals surface area contributed by atoms with Gasteiger partial charge in [-0.1, -0.05) is 0 Å². The highest BCUT2D eigenvalue weighted by Gasteiger charge is 2.14. The van der Waals surface area contributed by atoms with Gasteiger partial charge in [-0.3, -0.25) is 0 Å². The van der Waals surface area contributed by atoms with Gasteiger partial charge in [0.15, 0.2) is 0 Å². The number of pyridine rings is 1. The molecule has 0 atom stereocenters. The first-order chi connectivity index (χ1) is 11.8. The SMILES string of the molecule is Fc1ccc(-c2csc(-c3ccnc(N4CCOCC4)c3)n2)cc1. The van der Waals surface area contributed by atoms with Gasteiger partial charge in [-0.15, -0.1) is 11.3 Å². The molecule has 0 bridgehead atoms. The van der Waals surface area contributed by atoms with Crippen LogP contribution in [0.5, 0.6) is 0 Å². The molecule has 0 unspecified atom stereocenters. The number of ether oxygens (including phenoxy) is 1. The smallest absolute Gasteiger partial charge is 0.129 e. The van der Waals surface area contributed by atoms with E-state index in [-0.39, 0.29) is 5.82 Å². The maximum absolute atomic E-state index is 13.1. The van der Waals surface area contributed by atoms with Crippen LogP contribution in [0, 0.1) is 5.82 Å². The van der Waals surface area contributed by atoms with E-state index >= 15 is 0 Å². The number of nitrogens with zero attached hydrogens (tertiary/aromatic N) is 3. The maximum Gasteiger partial charge on any atom is 0.129 e. The van der Waals surface area contributed by atoms with E-state index in [4.69, 9.17) is 9.72 Å². The minimum absolute atomic E-state index is 0.238. The van der Waals surface area contributed by atoms with Gasteiger partial charge in [-0.25, -0.2) is 14.4 Å². The average molecular weight is 341 g/mol. The third-order valence-corrected chi connectivity index (χ3v) is 4.86. The van der Waals surface area contributed by atoms with Crippen molar-refractivity contribution in [1.29, 1.82) is 0 Å². The molecule has 0 radical (unpaired) electrons. The van der Waals surface area contributed by atoms with Gasteiger partial charge in [0.25, 0.3) is 0 Å². The molecule has 3 heterocycles. The summed E-state index contributed by atoms with van der Waals surface area (Å²) in [6.07, 6.45) is 1.82. The van der Waals surface area contributed by atoms with E-state index in [9.17, 15) is 4.39 Å². The second kappa shape index (κ2) is 6.67. The summed E-state index contributed by atoms with van der Waals surface area (Å²) in [7, 11) is 0. The Bertz CT molecular complexity index is 828. The highest BCUT2D eigenvalue weighted by molar-refractivity contribution is 7.13. The summed E-state index contributed by atoms with van der Waals surface area (Å²) in [5.41, 5.74) is 2.82. The van der Waals surface area contributed by atoms with Crippen molar-refractivity contribution in [2.75, 3.05) is 31.2 Å². The first-order valence-corrected chi connectivity index (χ1v) is 8.68. The largest absolute Gasteiger partial charge is 0.378 e. The summed E-state index contributed by atoms with van der Waals surface area (Å²) in [6.45, 7) is 3.18. The van der Waals surface area contributed by atoms with Crippen LogP contribution in [0.3, 0.4) is 0 Å². The first-order valence-electron chi connectivity index (χ1n) is 7.80. The Labute approximate surface area is 143 Å². The van der Waals surface area contributed by atoms with Crippen molar-refractivity contribution in [3.63, 3.8) is 0 Å². The molecule has 0 spiro atoms. The number of rotatable bonds is 3. The number of thiazole rings is 1. The van der Waals surface area contributed by atoms with Crippen molar-refractivity contribution in [1.82, 2.24) is 9.97 Å². The van der Waals surface area contributed by atoms with Crippen LogP contribution >= 0.6 is 11.3 Å². The van der Waals surface area contributed by atoms with Crippen molar-refractivity contribution in [2.24, 2.45) is 0 Å². The molecule has 24 heavy (non-hydrogen) atoms. The lowest BCUT2D eigenvalue weighted by Crippen LogP contribution is -2.36. The van der Waals surface area contributed by atoms with Crippen LogP contribution in [0.25, 0.3) is 21.8 Å². The lowest BCUT2D eigenvalue weighted by molar-refractivity contribution is 0.122. The number of hydrogen-bond acceptors (Lipinski definition) is 5. The Morgan fingerprint density at radius 2 is 1.83 bits per heavy atom. The Kier molecular flexibility index (Phi) is 4.23. The van der Waals surface area contributed by atoms with Gasteiger partial charge in [0.05, 0.1) is 18.9 Å². The van der Waals surface area contributed by atoms with Gasteiger partial charge in [-0.05, 0) is 36.4 Å². The molecule has 2 aromatic heterocycles. The van der Waals surface area contributed by atoms with Gasteiger partial charge in [0, 0.05) is 35.8 Å². The monoisotopic (exact) mass is 341 g/mol. The molecular weight excluding hydrogens is 325 g/mol. The first kappa shape index (κ1) is 15.2. The van der Waals surface area contributed by atoms with Crippen LogP contribution in [-0.2, 0) is 4.74 Å². The Balaban J connectivity index is 1.61. The van der Waals surface area contributed by atoms with E-state index in [1.807, 2.05) is 17.6 Å². The number of hydrogen-bond donors (Lipinski definition) is 0. The summed E-state index contributed by atoms with van der Waals surface area (Å²) < 4.78 is 18.4. The standard InChI is InChI=1S/C18H16FN3OS/c19-15-3-1-13(2-4-15)16-12-24-18(21-16)14-5-6-20-17(11-14)22-7-9-23-10-8-22/h1-6,11-12H,7-10H2. The molecule has 4 rings (SSSR count). The number of morpholine rings is 1. The van der Waals surface area contributed by atoms with Crippen LogP contribution in [0.4, 0.5) is 10.2 Å². The number of benzene rings is 1. The average Bonchev–Trinajstić information content (AvgIpc) is 3.13. The molecule has 3 aromatic rings. The molecule has 0 amide bonds.